The van der Waals surface area contributed by atoms with Crippen LogP contribution in [-0.4, -0.2) is 43.0 Å². The number of esters is 1. The summed E-state index contributed by atoms with van der Waals surface area (Å²) in [6.45, 7) is 2.64. The van der Waals surface area contributed by atoms with Crippen LogP contribution in [-0.2, 0) is 26.9 Å². The molecule has 0 atom stereocenters. The van der Waals surface area contributed by atoms with E-state index in [2.05, 4.69) is 25.4 Å². The molecule has 3 heterocycles. The Kier molecular flexibility index (Phi) is 6.39. The monoisotopic (exact) mass is 456 g/mol. The summed E-state index contributed by atoms with van der Waals surface area (Å²) in [6, 6.07) is 3.03. The highest BCUT2D eigenvalue weighted by atomic mass is 35.5. The average molecular weight is 457 g/mol. The first-order valence-corrected chi connectivity index (χ1v) is 9.29. The van der Waals surface area contributed by atoms with E-state index in [-0.39, 0.29) is 24.4 Å². The molecule has 0 saturated carbocycles. The van der Waals surface area contributed by atoms with Crippen LogP contribution < -0.4 is 5.32 Å². The third kappa shape index (κ3) is 5.45. The first-order valence-electron chi connectivity index (χ1n) is 8.91. The lowest BCUT2D eigenvalue weighted by Crippen LogP contribution is -2.21. The Morgan fingerprint density at radius 1 is 1.23 bits per heavy atom. The molecule has 13 heteroatoms. The lowest BCUT2D eigenvalue weighted by molar-refractivity contribution is -0.147. The summed E-state index contributed by atoms with van der Waals surface area (Å²) in [4.78, 5) is 35.1. The van der Waals surface area contributed by atoms with E-state index in [1.807, 2.05) is 0 Å². The number of amides is 1. The van der Waals surface area contributed by atoms with Crippen molar-refractivity contribution in [2.24, 2.45) is 0 Å². The molecule has 0 aliphatic rings. The fraction of sp³-hybridized carbons (Fsp3) is 0.333. The summed E-state index contributed by atoms with van der Waals surface area (Å²) in [6.07, 6.45) is -3.31. The van der Waals surface area contributed by atoms with Gasteiger partial charge in [-0.2, -0.15) is 18.2 Å². The van der Waals surface area contributed by atoms with Gasteiger partial charge < -0.3 is 10.1 Å². The van der Waals surface area contributed by atoms with Crippen LogP contribution in [0.25, 0.3) is 5.78 Å². The van der Waals surface area contributed by atoms with E-state index in [1.54, 1.807) is 19.9 Å². The summed E-state index contributed by atoms with van der Waals surface area (Å²) >= 11 is 5.70. The fourth-order valence-corrected chi connectivity index (χ4v) is 2.88. The summed E-state index contributed by atoms with van der Waals surface area (Å²) in [7, 11) is 0. The Bertz CT molecular complexity index is 1130. The molecule has 3 rings (SSSR count). The minimum absolute atomic E-state index is 0.109. The van der Waals surface area contributed by atoms with E-state index in [1.165, 1.54) is 12.3 Å². The first kappa shape index (κ1) is 22.4. The van der Waals surface area contributed by atoms with Crippen LogP contribution in [0.3, 0.4) is 0 Å². The maximum absolute atomic E-state index is 12.8. The number of anilines is 1. The van der Waals surface area contributed by atoms with Gasteiger partial charge in [0.2, 0.25) is 0 Å². The number of rotatable bonds is 6. The van der Waals surface area contributed by atoms with Crippen molar-refractivity contribution in [1.82, 2.24) is 24.6 Å². The molecule has 3 aromatic heterocycles. The van der Waals surface area contributed by atoms with Gasteiger partial charge in [0, 0.05) is 24.0 Å². The van der Waals surface area contributed by atoms with Crippen molar-refractivity contribution in [1.29, 1.82) is 0 Å². The van der Waals surface area contributed by atoms with Crippen molar-refractivity contribution in [3.05, 3.63) is 46.1 Å². The Morgan fingerprint density at radius 2 is 1.97 bits per heavy atom. The van der Waals surface area contributed by atoms with Crippen molar-refractivity contribution in [3.8, 4) is 0 Å². The minimum atomic E-state index is -4.69. The molecule has 9 nitrogen and oxygen atoms in total. The maximum Gasteiger partial charge on any atom is 0.453 e. The molecule has 0 radical (unpaired) electrons. The Balaban J connectivity index is 1.59. The molecule has 0 unspecified atom stereocenters. The van der Waals surface area contributed by atoms with Gasteiger partial charge in [0.25, 0.3) is 17.5 Å². The smallest absolute Gasteiger partial charge is 0.453 e. The highest BCUT2D eigenvalue weighted by Gasteiger charge is 2.37. The third-order valence-electron chi connectivity index (χ3n) is 4.24. The van der Waals surface area contributed by atoms with Gasteiger partial charge >= 0.3 is 12.1 Å². The van der Waals surface area contributed by atoms with Crippen LogP contribution in [0.4, 0.5) is 19.0 Å². The van der Waals surface area contributed by atoms with Gasteiger partial charge in [-0.3, -0.25) is 9.59 Å². The number of fused-ring (bicyclic) bond motifs is 1. The van der Waals surface area contributed by atoms with Crippen molar-refractivity contribution >= 4 is 35.1 Å². The van der Waals surface area contributed by atoms with Crippen LogP contribution >= 0.6 is 11.6 Å². The Hall–Kier alpha value is -3.28. The number of hydrogen-bond donors (Lipinski definition) is 1. The topological polar surface area (TPSA) is 111 Å². The van der Waals surface area contributed by atoms with Crippen molar-refractivity contribution in [3.63, 3.8) is 0 Å². The fourth-order valence-electron chi connectivity index (χ4n) is 2.76. The molecule has 0 saturated heterocycles. The Labute approximate surface area is 178 Å². The van der Waals surface area contributed by atoms with E-state index < -0.39 is 30.5 Å². The van der Waals surface area contributed by atoms with E-state index in [9.17, 15) is 22.8 Å². The zero-order valence-corrected chi connectivity index (χ0v) is 17.1. The normalized spacial score (nSPS) is 11.5. The van der Waals surface area contributed by atoms with E-state index >= 15 is 0 Å². The first-order chi connectivity index (χ1) is 14.5. The largest absolute Gasteiger partial charge is 0.456 e. The molecule has 0 aromatic carbocycles. The molecule has 0 aliphatic carbocycles. The molecule has 1 N–H and O–H groups in total. The van der Waals surface area contributed by atoms with Crippen LogP contribution in [0.15, 0.2) is 18.3 Å². The number of hydrogen-bond acceptors (Lipinski definition) is 7. The quantitative estimate of drug-likeness (QED) is 0.567. The predicted molar refractivity (Wildman–Crippen MR) is 102 cm³/mol. The lowest BCUT2D eigenvalue weighted by Gasteiger charge is -2.10. The van der Waals surface area contributed by atoms with Gasteiger partial charge in [-0.1, -0.05) is 11.6 Å². The predicted octanol–water partition coefficient (Wildman–Crippen LogP) is 2.92. The number of carbonyl (C=O) groups excluding carboxylic acids is 2. The number of nitrogens with zero attached hydrogens (tertiary/aromatic N) is 5. The van der Waals surface area contributed by atoms with Crippen molar-refractivity contribution < 1.29 is 27.5 Å². The molecule has 1 amide bonds. The van der Waals surface area contributed by atoms with Gasteiger partial charge in [-0.25, -0.2) is 14.5 Å². The van der Waals surface area contributed by atoms with Gasteiger partial charge in [-0.05, 0) is 38.0 Å². The summed E-state index contributed by atoms with van der Waals surface area (Å²) in [5.41, 5.74) is 1.34. The lowest BCUT2D eigenvalue weighted by atomic mass is 10.1. The number of alkyl halides is 3. The summed E-state index contributed by atoms with van der Waals surface area (Å²) in [5.74, 6) is -2.46. The van der Waals surface area contributed by atoms with Gasteiger partial charge in [-0.15, -0.1) is 5.10 Å². The minimum Gasteiger partial charge on any atom is -0.456 e. The number of ether oxygens (including phenoxy) is 1. The maximum atomic E-state index is 12.8. The molecule has 0 aliphatic heterocycles. The average Bonchev–Trinajstić information content (AvgIpc) is 3.13. The molecule has 0 spiro atoms. The van der Waals surface area contributed by atoms with Crippen LogP contribution in [0, 0.1) is 13.8 Å². The third-order valence-corrected chi connectivity index (χ3v) is 4.46. The van der Waals surface area contributed by atoms with Crippen molar-refractivity contribution in [2.75, 3.05) is 11.9 Å². The second kappa shape index (κ2) is 8.84. The zero-order chi connectivity index (χ0) is 22.8. The van der Waals surface area contributed by atoms with Crippen LogP contribution in [0.2, 0.25) is 5.02 Å². The molecule has 31 heavy (non-hydrogen) atoms. The molecule has 0 fully saturated rings. The molecule has 0 bridgehead atoms. The van der Waals surface area contributed by atoms with Crippen LogP contribution in [0.5, 0.6) is 0 Å². The number of nitrogens with one attached hydrogen (secondary N) is 1. The summed E-state index contributed by atoms with van der Waals surface area (Å²) < 4.78 is 44.5. The van der Waals surface area contributed by atoms with Gasteiger partial charge in [0.15, 0.2) is 6.61 Å². The molecular weight excluding hydrogens is 441 g/mol. The van der Waals surface area contributed by atoms with E-state index in [0.29, 0.717) is 22.0 Å². The highest BCUT2D eigenvalue weighted by Crippen LogP contribution is 2.27. The zero-order valence-electron chi connectivity index (χ0n) is 16.3. The Morgan fingerprint density at radius 3 is 2.61 bits per heavy atom. The van der Waals surface area contributed by atoms with E-state index in [0.717, 1.165) is 4.52 Å². The van der Waals surface area contributed by atoms with Crippen LogP contribution in [0.1, 0.15) is 29.2 Å². The van der Waals surface area contributed by atoms with Gasteiger partial charge in [0.05, 0.1) is 5.02 Å². The second-order valence-corrected chi connectivity index (χ2v) is 6.91. The molecule has 164 valence electrons. The van der Waals surface area contributed by atoms with E-state index in [4.69, 9.17) is 16.3 Å². The number of carbonyl (C=O) groups is 2. The number of aryl methyl sites for hydroxylation is 2. The summed E-state index contributed by atoms with van der Waals surface area (Å²) in [5, 5.41) is 6.30. The second-order valence-electron chi connectivity index (χ2n) is 6.48. The molecule has 3 aromatic rings. The number of halogens is 4. The molecular formula is C18H16ClF3N6O3. The number of pyridine rings is 1. The number of aromatic nitrogens is 5. The van der Waals surface area contributed by atoms with Crippen molar-refractivity contribution in [2.45, 2.75) is 32.9 Å². The highest BCUT2D eigenvalue weighted by molar-refractivity contribution is 6.30. The van der Waals surface area contributed by atoms with Gasteiger partial charge in [0.1, 0.15) is 5.82 Å². The standard InChI is InChI=1S/C18H16ClF3N6O3/c1-9-12(10(2)28-17(24-9)26-16(27-28)18(20,21)22)4-6-15(30)31-8-14(29)25-13-5-3-11(19)7-23-13/h3,5,7H,4,6,8H2,1-2H3,(H,23,25,29). The SMILES string of the molecule is Cc1nc2nc(C(F)(F)F)nn2c(C)c1CCC(=O)OCC(=O)Nc1ccc(Cl)cn1.